The standard InChI is InChI=1S/C23H23Cl2NO3/c1-13-17(24)12-16(14-6-4-3-5-7-14)20(25)18(13)19-21(27)23(26-22(19)28)10-8-15(29-2)9-11-23/h3-7,12,15,27H,8-11H2,1-2H3,(H,26,28). The Morgan fingerprint density at radius 1 is 1.17 bits per heavy atom. The summed E-state index contributed by atoms with van der Waals surface area (Å²) >= 11 is 13.3. The first-order chi connectivity index (χ1) is 13.9. The first kappa shape index (κ1) is 20.3. The molecule has 2 aromatic carbocycles. The van der Waals surface area contributed by atoms with Crippen LogP contribution in [-0.2, 0) is 9.53 Å². The summed E-state index contributed by atoms with van der Waals surface area (Å²) in [6.07, 6.45) is 2.93. The van der Waals surface area contributed by atoms with E-state index in [0.29, 0.717) is 34.0 Å². The minimum absolute atomic E-state index is 0.0586. The monoisotopic (exact) mass is 431 g/mol. The molecule has 1 amide bonds. The summed E-state index contributed by atoms with van der Waals surface area (Å²) in [5, 5.41) is 15.1. The minimum Gasteiger partial charge on any atom is -0.509 e. The van der Waals surface area contributed by atoms with Gasteiger partial charge < -0.3 is 15.2 Å². The summed E-state index contributed by atoms with van der Waals surface area (Å²) < 4.78 is 5.44. The van der Waals surface area contributed by atoms with E-state index in [1.165, 1.54) is 0 Å². The highest BCUT2D eigenvalue weighted by molar-refractivity contribution is 6.40. The Morgan fingerprint density at radius 2 is 1.83 bits per heavy atom. The number of halogens is 2. The van der Waals surface area contributed by atoms with Crippen molar-refractivity contribution in [1.82, 2.24) is 5.32 Å². The molecular formula is C23H23Cl2NO3. The molecule has 0 bridgehead atoms. The number of ether oxygens (including phenoxy) is 1. The number of carbonyl (C=O) groups excluding carboxylic acids is 1. The summed E-state index contributed by atoms with van der Waals surface area (Å²) in [7, 11) is 1.69. The number of hydrogen-bond donors (Lipinski definition) is 2. The highest BCUT2D eigenvalue weighted by atomic mass is 35.5. The van der Waals surface area contributed by atoms with E-state index in [9.17, 15) is 9.90 Å². The number of nitrogens with one attached hydrogen (secondary N) is 1. The maximum absolute atomic E-state index is 13.0. The van der Waals surface area contributed by atoms with Gasteiger partial charge in [-0.25, -0.2) is 0 Å². The lowest BCUT2D eigenvalue weighted by atomic mass is 9.79. The number of methoxy groups -OCH3 is 1. The molecule has 0 unspecified atom stereocenters. The number of carbonyl (C=O) groups is 1. The van der Waals surface area contributed by atoms with Gasteiger partial charge in [0, 0.05) is 23.3 Å². The zero-order chi connectivity index (χ0) is 20.8. The van der Waals surface area contributed by atoms with Crippen molar-refractivity contribution in [2.24, 2.45) is 0 Å². The van der Waals surface area contributed by atoms with Gasteiger partial charge >= 0.3 is 0 Å². The summed E-state index contributed by atoms with van der Waals surface area (Å²) in [4.78, 5) is 13.0. The molecule has 0 aromatic heterocycles. The van der Waals surface area contributed by atoms with Crippen LogP contribution in [-0.4, -0.2) is 29.8 Å². The maximum Gasteiger partial charge on any atom is 0.256 e. The van der Waals surface area contributed by atoms with Crippen molar-refractivity contribution < 1.29 is 14.6 Å². The van der Waals surface area contributed by atoms with E-state index in [0.717, 1.165) is 24.0 Å². The Bertz CT molecular complexity index is 993. The summed E-state index contributed by atoms with van der Waals surface area (Å²) in [6.45, 7) is 1.82. The lowest BCUT2D eigenvalue weighted by molar-refractivity contribution is -0.116. The number of benzene rings is 2. The van der Waals surface area contributed by atoms with Crippen molar-refractivity contribution in [2.75, 3.05) is 7.11 Å². The fourth-order valence-corrected chi connectivity index (χ4v) is 5.04. The number of amides is 1. The van der Waals surface area contributed by atoms with Crippen molar-refractivity contribution in [3.05, 3.63) is 63.3 Å². The van der Waals surface area contributed by atoms with Crippen LogP contribution >= 0.6 is 23.2 Å². The summed E-state index contributed by atoms with van der Waals surface area (Å²) in [5.41, 5.74) is 2.27. The number of hydrogen-bond acceptors (Lipinski definition) is 3. The van der Waals surface area contributed by atoms with E-state index >= 15 is 0 Å². The van der Waals surface area contributed by atoms with E-state index in [-0.39, 0.29) is 23.3 Å². The Hall–Kier alpha value is -2.01. The smallest absolute Gasteiger partial charge is 0.256 e. The third-order valence-electron chi connectivity index (χ3n) is 6.18. The first-order valence-corrected chi connectivity index (χ1v) is 10.5. The molecule has 2 aromatic rings. The molecule has 1 heterocycles. The molecule has 0 atom stereocenters. The van der Waals surface area contributed by atoms with Gasteiger partial charge in [0.25, 0.3) is 5.91 Å². The van der Waals surface area contributed by atoms with E-state index in [1.807, 2.05) is 43.3 Å². The molecule has 0 saturated heterocycles. The van der Waals surface area contributed by atoms with E-state index in [2.05, 4.69) is 5.32 Å². The Labute approximate surface area is 180 Å². The molecule has 4 nitrogen and oxygen atoms in total. The lowest BCUT2D eigenvalue weighted by Gasteiger charge is -2.36. The fraction of sp³-hybridized carbons (Fsp3) is 0.348. The van der Waals surface area contributed by atoms with Gasteiger partial charge in [0.05, 0.1) is 22.2 Å². The van der Waals surface area contributed by atoms with Crippen LogP contribution in [0.2, 0.25) is 10.0 Å². The van der Waals surface area contributed by atoms with E-state index < -0.39 is 5.54 Å². The SMILES string of the molecule is COC1CCC2(CC1)NC(=O)C(c1c(C)c(Cl)cc(-c3ccccc3)c1Cl)=C2O. The molecule has 1 aliphatic carbocycles. The topological polar surface area (TPSA) is 58.6 Å². The van der Waals surface area contributed by atoms with Gasteiger partial charge in [-0.15, -0.1) is 0 Å². The molecular weight excluding hydrogens is 409 g/mol. The third kappa shape index (κ3) is 3.33. The molecule has 29 heavy (non-hydrogen) atoms. The summed E-state index contributed by atoms with van der Waals surface area (Å²) in [5.74, 6) is -0.257. The van der Waals surface area contributed by atoms with Gasteiger partial charge in [0.1, 0.15) is 5.76 Å². The van der Waals surface area contributed by atoms with Crippen molar-refractivity contribution in [3.8, 4) is 11.1 Å². The van der Waals surface area contributed by atoms with E-state index in [1.54, 1.807) is 7.11 Å². The van der Waals surface area contributed by atoms with Crippen LogP contribution in [0.1, 0.15) is 36.8 Å². The number of aliphatic hydroxyl groups is 1. The van der Waals surface area contributed by atoms with Crippen LogP contribution in [0.3, 0.4) is 0 Å². The molecule has 2 aliphatic rings. The number of aliphatic hydroxyl groups excluding tert-OH is 1. The summed E-state index contributed by atoms with van der Waals surface area (Å²) in [6, 6.07) is 11.4. The van der Waals surface area contributed by atoms with Gasteiger partial charge in [-0.2, -0.15) is 0 Å². The second-order valence-corrected chi connectivity index (χ2v) is 8.57. The van der Waals surface area contributed by atoms with Gasteiger partial charge in [-0.1, -0.05) is 53.5 Å². The quantitative estimate of drug-likeness (QED) is 0.655. The molecule has 4 rings (SSSR count). The van der Waals surface area contributed by atoms with Crippen molar-refractivity contribution in [2.45, 2.75) is 44.2 Å². The van der Waals surface area contributed by atoms with E-state index in [4.69, 9.17) is 27.9 Å². The Kier molecular flexibility index (Phi) is 5.36. The minimum atomic E-state index is -0.757. The van der Waals surface area contributed by atoms with Gasteiger partial charge in [0.2, 0.25) is 0 Å². The number of rotatable bonds is 3. The molecule has 6 heteroatoms. The predicted molar refractivity (Wildman–Crippen MR) is 116 cm³/mol. The van der Waals surface area contributed by atoms with Crippen molar-refractivity contribution in [1.29, 1.82) is 0 Å². The zero-order valence-corrected chi connectivity index (χ0v) is 17.9. The molecule has 1 fully saturated rings. The average molecular weight is 432 g/mol. The molecule has 1 saturated carbocycles. The first-order valence-electron chi connectivity index (χ1n) is 9.71. The molecule has 0 radical (unpaired) electrons. The molecule has 2 N–H and O–H groups in total. The van der Waals surface area contributed by atoms with Gasteiger partial charge in [-0.05, 0) is 49.8 Å². The molecule has 152 valence electrons. The van der Waals surface area contributed by atoms with Gasteiger partial charge in [-0.3, -0.25) is 4.79 Å². The van der Waals surface area contributed by atoms with Crippen LogP contribution in [0.15, 0.2) is 42.2 Å². The second-order valence-electron chi connectivity index (χ2n) is 7.78. The van der Waals surface area contributed by atoms with Crippen LogP contribution in [0.25, 0.3) is 16.7 Å². The van der Waals surface area contributed by atoms with Crippen molar-refractivity contribution >= 4 is 34.7 Å². The maximum atomic E-state index is 13.0. The fourth-order valence-electron chi connectivity index (χ4n) is 4.44. The lowest BCUT2D eigenvalue weighted by Crippen LogP contribution is -2.48. The van der Waals surface area contributed by atoms with Crippen molar-refractivity contribution in [3.63, 3.8) is 0 Å². The highest BCUT2D eigenvalue weighted by Gasteiger charge is 2.48. The predicted octanol–water partition coefficient (Wildman–Crippen LogP) is 5.70. The largest absolute Gasteiger partial charge is 0.509 e. The van der Waals surface area contributed by atoms with Crippen LogP contribution in [0, 0.1) is 6.92 Å². The molecule has 1 spiro atoms. The zero-order valence-electron chi connectivity index (χ0n) is 16.4. The van der Waals surface area contributed by atoms with Crippen LogP contribution in [0.5, 0.6) is 0 Å². The van der Waals surface area contributed by atoms with Gasteiger partial charge in [0.15, 0.2) is 0 Å². The van der Waals surface area contributed by atoms with Crippen LogP contribution < -0.4 is 5.32 Å². The average Bonchev–Trinajstić information content (AvgIpc) is 2.96. The normalized spacial score (nSPS) is 24.3. The highest BCUT2D eigenvalue weighted by Crippen LogP contribution is 2.46. The molecule has 1 aliphatic heterocycles. The van der Waals surface area contributed by atoms with Crippen LogP contribution in [0.4, 0.5) is 0 Å². The Balaban J connectivity index is 1.86. The second kappa shape index (κ2) is 7.67. The third-order valence-corrected chi connectivity index (χ3v) is 6.97. The Morgan fingerprint density at radius 3 is 2.45 bits per heavy atom.